The van der Waals surface area contributed by atoms with Crippen molar-refractivity contribution in [3.8, 4) is 5.75 Å². The first-order chi connectivity index (χ1) is 14.8. The highest BCUT2D eigenvalue weighted by molar-refractivity contribution is 8.22. The van der Waals surface area contributed by atoms with E-state index in [0.717, 1.165) is 43.6 Å². The third-order valence-electron chi connectivity index (χ3n) is 6.19. The number of amidine groups is 1. The lowest BCUT2D eigenvalue weighted by Gasteiger charge is -2.19. The first kappa shape index (κ1) is 19.7. The Morgan fingerprint density at radius 3 is 2.57 bits per heavy atom. The number of thioether (sulfide) groups is 1. The summed E-state index contributed by atoms with van der Waals surface area (Å²) < 4.78 is 5.98. The van der Waals surface area contributed by atoms with Crippen LogP contribution < -0.4 is 4.74 Å². The molecule has 3 aliphatic heterocycles. The predicted molar refractivity (Wildman–Crippen MR) is 126 cm³/mol. The summed E-state index contributed by atoms with van der Waals surface area (Å²) in [4.78, 5) is 11.1. The fourth-order valence-corrected chi connectivity index (χ4v) is 5.57. The molecule has 0 atom stereocenters. The molecule has 0 aliphatic carbocycles. The van der Waals surface area contributed by atoms with Crippen molar-refractivity contribution in [1.82, 2.24) is 9.80 Å². The number of benzene rings is 2. The highest BCUT2D eigenvalue weighted by atomic mass is 32.2. The molecular weight excluding hydrogens is 390 g/mol. The monoisotopic (exact) mass is 419 g/mol. The Kier molecular flexibility index (Phi) is 5.82. The molecule has 0 saturated carbocycles. The van der Waals surface area contributed by atoms with Crippen molar-refractivity contribution in [3.05, 3.63) is 70.9 Å². The molecule has 1 saturated heterocycles. The summed E-state index contributed by atoms with van der Waals surface area (Å²) in [5.74, 6) is 0.960. The predicted octanol–water partition coefficient (Wildman–Crippen LogP) is 5.36. The first-order valence-corrected chi connectivity index (χ1v) is 11.8. The Labute approximate surface area is 183 Å². The molecule has 0 bridgehead atoms. The zero-order valence-corrected chi connectivity index (χ0v) is 18.5. The molecule has 156 valence electrons. The Morgan fingerprint density at radius 1 is 1.00 bits per heavy atom. The standard InChI is InChI=1S/C25H29N3OS/c1-19-24(30-25-26-17-21-7-2-3-8-22(21)18-28(19)25)20-9-11-23(12-10-20)29-16-6-15-27-13-4-5-14-27/h2-3,7-12H,4-6,13-18H2,1H3. The maximum Gasteiger partial charge on any atom is 0.169 e. The Hall–Kier alpha value is -2.24. The molecule has 2 aromatic rings. The summed E-state index contributed by atoms with van der Waals surface area (Å²) in [6, 6.07) is 17.2. The largest absolute Gasteiger partial charge is 0.494 e. The molecule has 0 spiro atoms. The number of hydrogen-bond acceptors (Lipinski definition) is 5. The molecule has 0 radical (unpaired) electrons. The Balaban J connectivity index is 1.22. The number of hydrogen-bond donors (Lipinski definition) is 0. The zero-order chi connectivity index (χ0) is 20.3. The van der Waals surface area contributed by atoms with Crippen LogP contribution in [0.25, 0.3) is 4.91 Å². The Morgan fingerprint density at radius 2 is 1.77 bits per heavy atom. The number of rotatable bonds is 6. The number of nitrogens with zero attached hydrogens (tertiary/aromatic N) is 3. The normalized spacial score (nSPS) is 18.8. The lowest BCUT2D eigenvalue weighted by Crippen LogP contribution is -2.21. The second kappa shape index (κ2) is 8.86. The van der Waals surface area contributed by atoms with Gasteiger partial charge in [0.2, 0.25) is 0 Å². The van der Waals surface area contributed by atoms with Gasteiger partial charge in [0, 0.05) is 17.1 Å². The third kappa shape index (κ3) is 4.14. The summed E-state index contributed by atoms with van der Waals surface area (Å²) in [7, 11) is 0. The van der Waals surface area contributed by atoms with Crippen LogP contribution in [0.15, 0.2) is 59.2 Å². The van der Waals surface area contributed by atoms with Crippen LogP contribution in [0.4, 0.5) is 0 Å². The molecule has 5 rings (SSSR count). The molecular formula is C25H29N3OS. The minimum Gasteiger partial charge on any atom is -0.494 e. The van der Waals surface area contributed by atoms with E-state index in [1.54, 1.807) is 11.8 Å². The minimum absolute atomic E-state index is 0.764. The van der Waals surface area contributed by atoms with Gasteiger partial charge >= 0.3 is 0 Å². The average molecular weight is 420 g/mol. The molecule has 30 heavy (non-hydrogen) atoms. The van der Waals surface area contributed by atoms with Gasteiger partial charge in [-0.1, -0.05) is 36.4 Å². The van der Waals surface area contributed by atoms with Crippen LogP contribution in [0.2, 0.25) is 0 Å². The smallest absolute Gasteiger partial charge is 0.169 e. The molecule has 5 heteroatoms. The lowest BCUT2D eigenvalue weighted by molar-refractivity contribution is 0.263. The molecule has 3 aliphatic rings. The number of aliphatic imine (C=N–C) groups is 1. The number of likely N-dealkylation sites (tertiary alicyclic amines) is 1. The van der Waals surface area contributed by atoms with Crippen LogP contribution in [0, 0.1) is 0 Å². The van der Waals surface area contributed by atoms with Crippen molar-refractivity contribution < 1.29 is 4.74 Å². The van der Waals surface area contributed by atoms with Gasteiger partial charge in [-0.2, -0.15) is 0 Å². The molecule has 0 amide bonds. The van der Waals surface area contributed by atoms with Crippen LogP contribution in [-0.4, -0.2) is 41.2 Å². The summed E-state index contributed by atoms with van der Waals surface area (Å²) >= 11 is 1.79. The number of ether oxygens (including phenoxy) is 1. The second-order valence-electron chi connectivity index (χ2n) is 8.25. The van der Waals surface area contributed by atoms with Crippen molar-refractivity contribution in [2.75, 3.05) is 26.2 Å². The van der Waals surface area contributed by atoms with E-state index in [2.05, 4.69) is 65.3 Å². The molecule has 2 aromatic carbocycles. The van der Waals surface area contributed by atoms with Crippen LogP contribution in [0.3, 0.4) is 0 Å². The molecule has 4 nitrogen and oxygen atoms in total. The average Bonchev–Trinajstić information content (AvgIpc) is 3.35. The highest BCUT2D eigenvalue weighted by Gasteiger charge is 2.29. The van der Waals surface area contributed by atoms with E-state index in [-0.39, 0.29) is 0 Å². The zero-order valence-electron chi connectivity index (χ0n) is 17.6. The second-order valence-corrected chi connectivity index (χ2v) is 9.22. The molecule has 3 heterocycles. The topological polar surface area (TPSA) is 28.1 Å². The van der Waals surface area contributed by atoms with Crippen molar-refractivity contribution in [1.29, 1.82) is 0 Å². The fraction of sp³-hybridized carbons (Fsp3) is 0.400. The fourth-order valence-electron chi connectivity index (χ4n) is 4.43. The summed E-state index contributed by atoms with van der Waals surface area (Å²) in [5.41, 5.74) is 5.23. The van der Waals surface area contributed by atoms with E-state index in [1.165, 1.54) is 53.2 Å². The van der Waals surface area contributed by atoms with Gasteiger partial charge in [0.15, 0.2) is 5.17 Å². The van der Waals surface area contributed by atoms with Crippen LogP contribution >= 0.6 is 11.8 Å². The van der Waals surface area contributed by atoms with Crippen molar-refractivity contribution in [2.24, 2.45) is 4.99 Å². The SMILES string of the molecule is CC1=C(c2ccc(OCCCN3CCCC3)cc2)SC2=NCc3ccccc3CN21. The lowest BCUT2D eigenvalue weighted by atomic mass is 10.1. The third-order valence-corrected chi connectivity index (χ3v) is 7.46. The highest BCUT2D eigenvalue weighted by Crippen LogP contribution is 2.43. The first-order valence-electron chi connectivity index (χ1n) is 11.0. The van der Waals surface area contributed by atoms with E-state index in [4.69, 9.17) is 9.73 Å². The van der Waals surface area contributed by atoms with Gasteiger partial charge in [-0.15, -0.1) is 0 Å². The van der Waals surface area contributed by atoms with Crippen molar-refractivity contribution >= 4 is 21.8 Å². The van der Waals surface area contributed by atoms with Gasteiger partial charge in [-0.3, -0.25) is 4.99 Å². The summed E-state index contributed by atoms with van der Waals surface area (Å²) in [5, 5.41) is 1.11. The quantitative estimate of drug-likeness (QED) is 0.590. The maximum absolute atomic E-state index is 5.98. The molecule has 0 unspecified atom stereocenters. The summed E-state index contributed by atoms with van der Waals surface area (Å²) in [6.45, 7) is 8.33. The van der Waals surface area contributed by atoms with Gasteiger partial charge in [-0.25, -0.2) is 0 Å². The summed E-state index contributed by atoms with van der Waals surface area (Å²) in [6.07, 6.45) is 3.80. The van der Waals surface area contributed by atoms with Crippen molar-refractivity contribution in [2.45, 2.75) is 39.3 Å². The van der Waals surface area contributed by atoms with Crippen molar-refractivity contribution in [3.63, 3.8) is 0 Å². The van der Waals surface area contributed by atoms with Crippen LogP contribution in [0.5, 0.6) is 5.75 Å². The molecule has 0 aromatic heterocycles. The number of allylic oxidation sites excluding steroid dienone is 1. The van der Waals surface area contributed by atoms with Gasteiger partial charge < -0.3 is 14.5 Å². The van der Waals surface area contributed by atoms with Gasteiger partial charge in [0.05, 0.1) is 19.7 Å². The van der Waals surface area contributed by atoms with Gasteiger partial charge in [0.25, 0.3) is 0 Å². The molecule has 0 N–H and O–H groups in total. The van der Waals surface area contributed by atoms with E-state index in [9.17, 15) is 0 Å². The van der Waals surface area contributed by atoms with Crippen LogP contribution in [-0.2, 0) is 13.1 Å². The number of fused-ring (bicyclic) bond motifs is 2. The minimum atomic E-state index is 0.764. The van der Waals surface area contributed by atoms with Gasteiger partial charge in [-0.05, 0) is 79.9 Å². The van der Waals surface area contributed by atoms with E-state index < -0.39 is 0 Å². The van der Waals surface area contributed by atoms with E-state index in [1.807, 2.05) is 0 Å². The maximum atomic E-state index is 5.98. The Bertz CT molecular complexity index is 961. The van der Waals surface area contributed by atoms with E-state index >= 15 is 0 Å². The van der Waals surface area contributed by atoms with E-state index in [0.29, 0.717) is 0 Å². The molecule has 1 fully saturated rings. The van der Waals surface area contributed by atoms with Crippen LogP contribution in [0.1, 0.15) is 42.9 Å². The van der Waals surface area contributed by atoms with Gasteiger partial charge in [0.1, 0.15) is 5.75 Å².